The van der Waals surface area contributed by atoms with Crippen LogP contribution in [0.1, 0.15) is 11.1 Å². The van der Waals surface area contributed by atoms with Gasteiger partial charge in [0, 0.05) is 28.6 Å². The van der Waals surface area contributed by atoms with Crippen molar-refractivity contribution in [2.75, 3.05) is 0 Å². The Hall–Kier alpha value is -3.17. The molecule has 3 aromatic carbocycles. The summed E-state index contributed by atoms with van der Waals surface area (Å²) in [5.41, 5.74) is 5.92. The molecule has 4 aromatic rings. The Kier molecular flexibility index (Phi) is 4.86. The Bertz CT molecular complexity index is 1080. The van der Waals surface area contributed by atoms with Gasteiger partial charge < -0.3 is 0 Å². The van der Waals surface area contributed by atoms with Crippen molar-refractivity contribution in [1.29, 1.82) is 0 Å². The average molecular weight is 372 g/mol. The maximum Gasteiger partial charge on any atom is 0.101 e. The minimum absolute atomic E-state index is 0.705. The Morgan fingerprint density at radius 3 is 2.44 bits per heavy atom. The van der Waals surface area contributed by atoms with E-state index in [1.807, 2.05) is 83.8 Å². The van der Waals surface area contributed by atoms with Crippen LogP contribution in [0.15, 0.2) is 90.1 Å². The van der Waals surface area contributed by atoms with Gasteiger partial charge in [0.05, 0.1) is 11.4 Å². The van der Waals surface area contributed by atoms with E-state index in [2.05, 4.69) is 24.0 Å². The summed E-state index contributed by atoms with van der Waals surface area (Å²) in [5, 5.41) is 5.50. The highest BCUT2D eigenvalue weighted by Gasteiger charge is 2.11. The van der Waals surface area contributed by atoms with E-state index >= 15 is 0 Å². The summed E-state index contributed by atoms with van der Waals surface area (Å²) in [7, 11) is 0. The quantitative estimate of drug-likeness (QED) is 0.390. The number of halogens is 1. The van der Waals surface area contributed by atoms with Gasteiger partial charge >= 0.3 is 0 Å². The predicted molar refractivity (Wildman–Crippen MR) is 112 cm³/mol. The summed E-state index contributed by atoms with van der Waals surface area (Å²) in [6.45, 7) is 2.06. The molecule has 27 heavy (non-hydrogen) atoms. The second kappa shape index (κ2) is 7.60. The van der Waals surface area contributed by atoms with Crippen LogP contribution >= 0.6 is 11.6 Å². The van der Waals surface area contributed by atoms with E-state index in [0.29, 0.717) is 5.02 Å². The summed E-state index contributed by atoms with van der Waals surface area (Å²) >= 11 is 6.04. The fourth-order valence-corrected chi connectivity index (χ4v) is 3.01. The molecule has 0 spiro atoms. The molecule has 0 fully saturated rings. The maximum absolute atomic E-state index is 6.04. The molecule has 4 rings (SSSR count). The molecule has 0 saturated carbocycles. The summed E-state index contributed by atoms with van der Waals surface area (Å²) in [4.78, 5) is 4.64. The van der Waals surface area contributed by atoms with E-state index < -0.39 is 0 Å². The van der Waals surface area contributed by atoms with Gasteiger partial charge in [-0.2, -0.15) is 5.10 Å². The minimum atomic E-state index is 0.705. The molecular formula is C23H18ClN3. The molecule has 0 saturated heterocycles. The molecule has 4 heteroatoms. The SMILES string of the molecule is Cc1cccc(N=Cc2cn(-c3ccccc3)nc2-c2ccc(Cl)cc2)c1. The highest BCUT2D eigenvalue weighted by Crippen LogP contribution is 2.25. The van der Waals surface area contributed by atoms with Gasteiger partial charge in [-0.15, -0.1) is 0 Å². The third kappa shape index (κ3) is 3.99. The number of aryl methyl sites for hydroxylation is 1. The molecule has 0 radical (unpaired) electrons. The highest BCUT2D eigenvalue weighted by atomic mass is 35.5. The van der Waals surface area contributed by atoms with Crippen LogP contribution in [0, 0.1) is 6.92 Å². The van der Waals surface area contributed by atoms with Gasteiger partial charge in [-0.25, -0.2) is 4.68 Å². The monoisotopic (exact) mass is 371 g/mol. The average Bonchev–Trinajstić information content (AvgIpc) is 3.12. The van der Waals surface area contributed by atoms with E-state index in [1.54, 1.807) is 0 Å². The zero-order chi connectivity index (χ0) is 18.6. The van der Waals surface area contributed by atoms with Crippen molar-refractivity contribution < 1.29 is 0 Å². The van der Waals surface area contributed by atoms with Gasteiger partial charge in [0.25, 0.3) is 0 Å². The van der Waals surface area contributed by atoms with Crippen LogP contribution in [0.5, 0.6) is 0 Å². The van der Waals surface area contributed by atoms with Crippen molar-refractivity contribution >= 4 is 23.5 Å². The first-order valence-electron chi connectivity index (χ1n) is 8.71. The Morgan fingerprint density at radius 2 is 1.70 bits per heavy atom. The van der Waals surface area contributed by atoms with Gasteiger partial charge in [0.2, 0.25) is 0 Å². The lowest BCUT2D eigenvalue weighted by molar-refractivity contribution is 0.884. The molecule has 0 atom stereocenters. The van der Waals surface area contributed by atoms with E-state index in [0.717, 1.165) is 28.2 Å². The standard InChI is InChI=1S/C23H18ClN3/c1-17-6-5-7-21(14-17)25-15-19-16-27(22-8-3-2-4-9-22)26-23(19)18-10-12-20(24)13-11-18/h2-16H,1H3. The zero-order valence-corrected chi connectivity index (χ0v) is 15.6. The molecule has 0 aliphatic heterocycles. The van der Waals surface area contributed by atoms with Gasteiger partial charge in [-0.05, 0) is 48.9 Å². The number of aliphatic imine (C=N–C) groups is 1. The smallest absolute Gasteiger partial charge is 0.101 e. The number of nitrogens with zero attached hydrogens (tertiary/aromatic N) is 3. The predicted octanol–water partition coefficient (Wildman–Crippen LogP) is 6.25. The van der Waals surface area contributed by atoms with E-state index in [1.165, 1.54) is 5.56 Å². The third-order valence-corrected chi connectivity index (χ3v) is 4.49. The fraction of sp³-hybridized carbons (Fsp3) is 0.0435. The van der Waals surface area contributed by atoms with Crippen molar-refractivity contribution in [3.05, 3.63) is 101 Å². The molecule has 0 N–H and O–H groups in total. The van der Waals surface area contributed by atoms with Crippen molar-refractivity contribution in [2.24, 2.45) is 4.99 Å². The van der Waals surface area contributed by atoms with Gasteiger partial charge in [0.15, 0.2) is 0 Å². The van der Waals surface area contributed by atoms with Crippen LogP contribution in [-0.4, -0.2) is 16.0 Å². The first kappa shape index (κ1) is 17.3. The Balaban J connectivity index is 1.78. The van der Waals surface area contributed by atoms with Crippen LogP contribution in [0.3, 0.4) is 0 Å². The van der Waals surface area contributed by atoms with Crippen molar-refractivity contribution in [3.63, 3.8) is 0 Å². The Labute approximate surface area is 163 Å². The number of benzene rings is 3. The molecule has 0 aliphatic carbocycles. The molecule has 1 aromatic heterocycles. The van der Waals surface area contributed by atoms with Crippen LogP contribution in [0.4, 0.5) is 5.69 Å². The van der Waals surface area contributed by atoms with Gasteiger partial charge in [0.1, 0.15) is 5.69 Å². The van der Waals surface area contributed by atoms with Crippen LogP contribution in [0.2, 0.25) is 5.02 Å². The highest BCUT2D eigenvalue weighted by molar-refractivity contribution is 6.30. The minimum Gasteiger partial charge on any atom is -0.256 e. The first-order chi connectivity index (χ1) is 13.2. The largest absolute Gasteiger partial charge is 0.256 e. The zero-order valence-electron chi connectivity index (χ0n) is 14.9. The van der Waals surface area contributed by atoms with Crippen LogP contribution < -0.4 is 0 Å². The molecular weight excluding hydrogens is 354 g/mol. The molecule has 0 bridgehead atoms. The van der Waals surface area contributed by atoms with Gasteiger partial charge in [-0.1, -0.05) is 54.1 Å². The molecule has 0 amide bonds. The topological polar surface area (TPSA) is 30.2 Å². The normalized spacial score (nSPS) is 11.2. The van der Waals surface area contributed by atoms with Gasteiger partial charge in [-0.3, -0.25) is 4.99 Å². The number of hydrogen-bond donors (Lipinski definition) is 0. The molecule has 1 heterocycles. The van der Waals surface area contributed by atoms with Crippen LogP contribution in [0.25, 0.3) is 16.9 Å². The summed E-state index contributed by atoms with van der Waals surface area (Å²) in [6, 6.07) is 25.9. The van der Waals surface area contributed by atoms with Crippen molar-refractivity contribution in [1.82, 2.24) is 9.78 Å². The number of aromatic nitrogens is 2. The second-order valence-electron chi connectivity index (χ2n) is 6.32. The number of hydrogen-bond acceptors (Lipinski definition) is 2. The van der Waals surface area contributed by atoms with Crippen LogP contribution in [-0.2, 0) is 0 Å². The molecule has 0 aliphatic rings. The maximum atomic E-state index is 6.04. The molecule has 0 unspecified atom stereocenters. The fourth-order valence-electron chi connectivity index (χ4n) is 2.88. The summed E-state index contributed by atoms with van der Waals surface area (Å²) in [6.07, 6.45) is 3.86. The summed E-state index contributed by atoms with van der Waals surface area (Å²) in [5.74, 6) is 0. The van der Waals surface area contributed by atoms with E-state index in [-0.39, 0.29) is 0 Å². The van der Waals surface area contributed by atoms with E-state index in [4.69, 9.17) is 16.7 Å². The molecule has 3 nitrogen and oxygen atoms in total. The number of para-hydroxylation sites is 1. The van der Waals surface area contributed by atoms with Crippen molar-refractivity contribution in [3.8, 4) is 16.9 Å². The van der Waals surface area contributed by atoms with E-state index in [9.17, 15) is 0 Å². The lowest BCUT2D eigenvalue weighted by Gasteiger charge is -2.00. The first-order valence-corrected chi connectivity index (χ1v) is 9.08. The third-order valence-electron chi connectivity index (χ3n) is 4.24. The summed E-state index contributed by atoms with van der Waals surface area (Å²) < 4.78 is 1.88. The Morgan fingerprint density at radius 1 is 0.926 bits per heavy atom. The lowest BCUT2D eigenvalue weighted by Crippen LogP contribution is -1.93. The number of rotatable bonds is 4. The lowest BCUT2D eigenvalue weighted by atomic mass is 10.1. The second-order valence-corrected chi connectivity index (χ2v) is 6.75. The van der Waals surface area contributed by atoms with Crippen molar-refractivity contribution in [2.45, 2.75) is 6.92 Å². The molecule has 132 valence electrons.